The first-order chi connectivity index (χ1) is 13.1. The van der Waals surface area contributed by atoms with Crippen molar-refractivity contribution in [1.29, 1.82) is 0 Å². The highest BCUT2D eigenvalue weighted by Crippen LogP contribution is 2.26. The molecule has 0 radical (unpaired) electrons. The second kappa shape index (κ2) is 7.89. The van der Waals surface area contributed by atoms with E-state index in [1.54, 1.807) is 4.90 Å². The molecule has 2 saturated heterocycles. The van der Waals surface area contributed by atoms with Crippen LogP contribution in [0.3, 0.4) is 0 Å². The monoisotopic (exact) mass is 370 g/mol. The Balaban J connectivity index is 1.42. The number of amides is 3. The fourth-order valence-corrected chi connectivity index (χ4v) is 4.65. The molecular formula is C21H30N4O2. The Morgan fingerprint density at radius 3 is 2.44 bits per heavy atom. The molecule has 2 heterocycles. The Bertz CT molecular complexity index is 706. The van der Waals surface area contributed by atoms with Gasteiger partial charge in [-0.1, -0.05) is 25.3 Å². The minimum atomic E-state index is -0.0798. The molecule has 1 saturated carbocycles. The van der Waals surface area contributed by atoms with Gasteiger partial charge in [0.2, 0.25) is 0 Å². The van der Waals surface area contributed by atoms with E-state index < -0.39 is 0 Å². The van der Waals surface area contributed by atoms with Gasteiger partial charge in [0.05, 0.1) is 0 Å². The first kappa shape index (κ1) is 18.3. The fourth-order valence-electron chi connectivity index (χ4n) is 4.65. The summed E-state index contributed by atoms with van der Waals surface area (Å²) >= 11 is 0. The molecule has 3 amide bonds. The van der Waals surface area contributed by atoms with Crippen LogP contribution in [0.25, 0.3) is 0 Å². The average molecular weight is 370 g/mol. The standard InChI is InChI=1S/C21H30N4O2/c1-16-7-8-17(15-19(16)25-10-9-22-21(25)27)20(26)24-13-11-23(12-14-24)18-5-3-2-4-6-18/h7-8,15,18H,2-6,9-14H2,1H3,(H,22,27). The Kier molecular flexibility index (Phi) is 5.34. The summed E-state index contributed by atoms with van der Waals surface area (Å²) in [6.07, 6.45) is 6.69. The number of piperazine rings is 1. The number of hydrogen-bond donors (Lipinski definition) is 1. The molecule has 6 heteroatoms. The van der Waals surface area contributed by atoms with E-state index in [0.29, 0.717) is 18.7 Å². The van der Waals surface area contributed by atoms with Crippen LogP contribution in [0.5, 0.6) is 0 Å². The van der Waals surface area contributed by atoms with E-state index in [0.717, 1.165) is 43.5 Å². The first-order valence-electron chi connectivity index (χ1n) is 10.3. The summed E-state index contributed by atoms with van der Waals surface area (Å²) in [6.45, 7) is 6.83. The van der Waals surface area contributed by atoms with E-state index in [9.17, 15) is 9.59 Å². The van der Waals surface area contributed by atoms with Crippen molar-refractivity contribution in [2.45, 2.75) is 45.1 Å². The lowest BCUT2D eigenvalue weighted by molar-refractivity contribution is 0.0523. The van der Waals surface area contributed by atoms with Crippen LogP contribution in [0.2, 0.25) is 0 Å². The van der Waals surface area contributed by atoms with Gasteiger partial charge in [-0.2, -0.15) is 0 Å². The summed E-state index contributed by atoms with van der Waals surface area (Å²) in [7, 11) is 0. The molecule has 2 aliphatic heterocycles. The summed E-state index contributed by atoms with van der Waals surface area (Å²) in [4.78, 5) is 31.3. The van der Waals surface area contributed by atoms with Gasteiger partial charge in [-0.05, 0) is 37.5 Å². The SMILES string of the molecule is Cc1ccc(C(=O)N2CCN(C3CCCCC3)CC2)cc1N1CCNC1=O. The van der Waals surface area contributed by atoms with Crippen molar-refractivity contribution in [3.05, 3.63) is 29.3 Å². The van der Waals surface area contributed by atoms with Gasteiger partial charge in [0.25, 0.3) is 5.91 Å². The number of urea groups is 1. The van der Waals surface area contributed by atoms with E-state index in [4.69, 9.17) is 0 Å². The van der Waals surface area contributed by atoms with Crippen molar-refractivity contribution in [1.82, 2.24) is 15.1 Å². The zero-order valence-corrected chi connectivity index (χ0v) is 16.2. The van der Waals surface area contributed by atoms with Crippen molar-refractivity contribution >= 4 is 17.6 Å². The molecule has 27 heavy (non-hydrogen) atoms. The molecule has 0 aromatic heterocycles. The van der Waals surface area contributed by atoms with E-state index in [1.165, 1.54) is 32.1 Å². The number of carbonyl (C=O) groups is 2. The van der Waals surface area contributed by atoms with Crippen molar-refractivity contribution in [2.24, 2.45) is 0 Å². The van der Waals surface area contributed by atoms with E-state index in [1.807, 2.05) is 30.0 Å². The minimum Gasteiger partial charge on any atom is -0.336 e. The zero-order chi connectivity index (χ0) is 18.8. The lowest BCUT2D eigenvalue weighted by Crippen LogP contribution is -2.52. The maximum Gasteiger partial charge on any atom is 0.322 e. The number of rotatable bonds is 3. The molecule has 1 N–H and O–H groups in total. The Morgan fingerprint density at radius 1 is 1.04 bits per heavy atom. The Labute approximate surface area is 161 Å². The topological polar surface area (TPSA) is 55.9 Å². The molecule has 1 aromatic carbocycles. The van der Waals surface area contributed by atoms with Crippen LogP contribution < -0.4 is 10.2 Å². The molecule has 6 nitrogen and oxygen atoms in total. The summed E-state index contributed by atoms with van der Waals surface area (Å²) in [5, 5.41) is 2.83. The molecule has 3 aliphatic rings. The molecule has 3 fully saturated rings. The predicted octanol–water partition coefficient (Wildman–Crippen LogP) is 2.62. The number of carbonyl (C=O) groups excluding carboxylic acids is 2. The van der Waals surface area contributed by atoms with Gasteiger partial charge in [0.1, 0.15) is 0 Å². The van der Waals surface area contributed by atoms with Crippen LogP contribution in [0.15, 0.2) is 18.2 Å². The molecule has 4 rings (SSSR count). The quantitative estimate of drug-likeness (QED) is 0.890. The van der Waals surface area contributed by atoms with E-state index >= 15 is 0 Å². The van der Waals surface area contributed by atoms with Crippen molar-refractivity contribution in [3.63, 3.8) is 0 Å². The third kappa shape index (κ3) is 3.81. The van der Waals surface area contributed by atoms with Gasteiger partial charge >= 0.3 is 6.03 Å². The van der Waals surface area contributed by atoms with Crippen LogP contribution in [-0.4, -0.2) is 67.0 Å². The van der Waals surface area contributed by atoms with Gasteiger partial charge in [0, 0.05) is 56.6 Å². The lowest BCUT2D eigenvalue weighted by atomic mass is 9.94. The van der Waals surface area contributed by atoms with Crippen LogP contribution >= 0.6 is 0 Å². The molecule has 0 atom stereocenters. The summed E-state index contributed by atoms with van der Waals surface area (Å²) in [5.41, 5.74) is 2.55. The maximum atomic E-state index is 13.0. The van der Waals surface area contributed by atoms with Gasteiger partial charge in [-0.3, -0.25) is 14.6 Å². The normalized spacial score (nSPS) is 22.2. The highest BCUT2D eigenvalue weighted by molar-refractivity contribution is 5.99. The second-order valence-electron chi connectivity index (χ2n) is 8.00. The molecule has 0 bridgehead atoms. The van der Waals surface area contributed by atoms with Gasteiger partial charge in [-0.25, -0.2) is 4.79 Å². The number of anilines is 1. The molecule has 0 unspecified atom stereocenters. The number of nitrogens with one attached hydrogen (secondary N) is 1. The highest BCUT2D eigenvalue weighted by Gasteiger charge is 2.28. The molecule has 1 aromatic rings. The fraction of sp³-hybridized carbons (Fsp3) is 0.619. The number of aryl methyl sites for hydroxylation is 1. The second-order valence-corrected chi connectivity index (χ2v) is 8.00. The van der Waals surface area contributed by atoms with Crippen LogP contribution in [0.4, 0.5) is 10.5 Å². The van der Waals surface area contributed by atoms with Gasteiger partial charge in [0.15, 0.2) is 0 Å². The van der Waals surface area contributed by atoms with Crippen molar-refractivity contribution in [3.8, 4) is 0 Å². The van der Waals surface area contributed by atoms with Gasteiger partial charge < -0.3 is 10.2 Å². The number of hydrogen-bond acceptors (Lipinski definition) is 3. The van der Waals surface area contributed by atoms with Crippen LogP contribution in [0.1, 0.15) is 48.0 Å². The third-order valence-corrected chi connectivity index (χ3v) is 6.30. The van der Waals surface area contributed by atoms with Crippen molar-refractivity contribution in [2.75, 3.05) is 44.2 Å². The summed E-state index contributed by atoms with van der Waals surface area (Å²) in [6, 6.07) is 6.37. The smallest absolute Gasteiger partial charge is 0.322 e. The average Bonchev–Trinajstić information content (AvgIpc) is 3.14. The first-order valence-corrected chi connectivity index (χ1v) is 10.3. The molecule has 1 aliphatic carbocycles. The Morgan fingerprint density at radius 2 is 1.78 bits per heavy atom. The van der Waals surface area contributed by atoms with Crippen LogP contribution in [0, 0.1) is 6.92 Å². The van der Waals surface area contributed by atoms with E-state index in [-0.39, 0.29) is 11.9 Å². The number of nitrogens with zero attached hydrogens (tertiary/aromatic N) is 3. The summed E-state index contributed by atoms with van der Waals surface area (Å²) in [5.74, 6) is 0.0825. The molecule has 0 spiro atoms. The van der Waals surface area contributed by atoms with E-state index in [2.05, 4.69) is 10.2 Å². The summed E-state index contributed by atoms with van der Waals surface area (Å²) < 4.78 is 0. The number of benzene rings is 1. The highest BCUT2D eigenvalue weighted by atomic mass is 16.2. The van der Waals surface area contributed by atoms with Crippen molar-refractivity contribution < 1.29 is 9.59 Å². The largest absolute Gasteiger partial charge is 0.336 e. The third-order valence-electron chi connectivity index (χ3n) is 6.30. The zero-order valence-electron chi connectivity index (χ0n) is 16.2. The maximum absolute atomic E-state index is 13.0. The van der Waals surface area contributed by atoms with Gasteiger partial charge in [-0.15, -0.1) is 0 Å². The molecular weight excluding hydrogens is 340 g/mol. The Hall–Kier alpha value is -2.08. The van der Waals surface area contributed by atoms with Crippen LogP contribution in [-0.2, 0) is 0 Å². The molecule has 146 valence electrons. The minimum absolute atomic E-state index is 0.0798. The lowest BCUT2D eigenvalue weighted by Gasteiger charge is -2.40. The predicted molar refractivity (Wildman–Crippen MR) is 106 cm³/mol.